The maximum absolute atomic E-state index is 11.1. The Balaban J connectivity index is 1.90. The van der Waals surface area contributed by atoms with Crippen LogP contribution < -0.4 is 5.14 Å². The molecule has 0 bridgehead atoms. The first kappa shape index (κ1) is 17.4. The predicted octanol–water partition coefficient (Wildman–Crippen LogP) is 2.94. The Bertz CT molecular complexity index is 670. The van der Waals surface area contributed by atoms with Gasteiger partial charge in [0, 0.05) is 28.5 Å². The molecule has 1 spiro atoms. The van der Waals surface area contributed by atoms with Crippen LogP contribution in [0.4, 0.5) is 0 Å². The van der Waals surface area contributed by atoms with E-state index >= 15 is 0 Å². The van der Waals surface area contributed by atoms with E-state index in [2.05, 4.69) is 0 Å². The maximum Gasteiger partial charge on any atom is 0.333 e. The summed E-state index contributed by atoms with van der Waals surface area (Å²) in [6, 6.07) is 5.12. The lowest BCUT2D eigenvalue weighted by Gasteiger charge is -2.22. The minimum absolute atomic E-state index is 0.257. The van der Waals surface area contributed by atoms with Crippen molar-refractivity contribution >= 4 is 33.5 Å². The second kappa shape index (κ2) is 6.48. The molecule has 1 aromatic rings. The highest BCUT2D eigenvalue weighted by Gasteiger charge is 2.50. The van der Waals surface area contributed by atoms with Gasteiger partial charge in [0.05, 0.1) is 6.61 Å². The second-order valence-corrected chi connectivity index (χ2v) is 7.76. The van der Waals surface area contributed by atoms with Gasteiger partial charge in [-0.2, -0.15) is 8.42 Å². The molecule has 1 heterocycles. The van der Waals surface area contributed by atoms with E-state index in [0.29, 0.717) is 15.6 Å². The molecule has 1 saturated heterocycles. The third-order valence-electron chi connectivity index (χ3n) is 4.09. The smallest absolute Gasteiger partial charge is 0.333 e. The van der Waals surface area contributed by atoms with Gasteiger partial charge in [0.25, 0.3) is 0 Å². The number of ether oxygens (including phenoxy) is 2. The first-order valence-electron chi connectivity index (χ1n) is 7.26. The number of hydrogen-bond acceptors (Lipinski definition) is 5. The van der Waals surface area contributed by atoms with Crippen LogP contribution in [0.1, 0.15) is 37.4 Å². The van der Waals surface area contributed by atoms with E-state index in [4.69, 9.17) is 42.0 Å². The first-order chi connectivity index (χ1) is 10.8. The standard InChI is InChI=1S/C14H17Cl2NO5S/c15-9-4-3-5-10(16)12(9)13-11(8-20-23(17,18)19)21-14(22-13)6-1-2-7-14/h3-5,11,13H,1-2,6-8H2,(H2,17,18,19)/t11-,13+/m1/s1. The molecule has 0 amide bonds. The van der Waals surface area contributed by atoms with Gasteiger partial charge in [-0.15, -0.1) is 0 Å². The molecule has 23 heavy (non-hydrogen) atoms. The van der Waals surface area contributed by atoms with Crippen LogP contribution in [0, 0.1) is 0 Å². The number of rotatable bonds is 4. The van der Waals surface area contributed by atoms with Crippen LogP contribution in [0.2, 0.25) is 10.0 Å². The Morgan fingerprint density at radius 2 is 1.83 bits per heavy atom. The van der Waals surface area contributed by atoms with Gasteiger partial charge in [-0.3, -0.25) is 4.18 Å². The van der Waals surface area contributed by atoms with Crippen molar-refractivity contribution in [1.82, 2.24) is 0 Å². The maximum atomic E-state index is 11.1. The molecule has 2 N–H and O–H groups in total. The van der Waals surface area contributed by atoms with Crippen LogP contribution in [0.15, 0.2) is 18.2 Å². The van der Waals surface area contributed by atoms with Gasteiger partial charge in [0.15, 0.2) is 5.79 Å². The molecule has 3 rings (SSSR count). The molecule has 6 nitrogen and oxygen atoms in total. The Morgan fingerprint density at radius 3 is 2.39 bits per heavy atom. The zero-order valence-electron chi connectivity index (χ0n) is 12.2. The van der Waals surface area contributed by atoms with Crippen LogP contribution in [0.25, 0.3) is 0 Å². The fourth-order valence-corrected chi connectivity index (χ4v) is 4.07. The third-order valence-corrected chi connectivity index (χ3v) is 5.22. The van der Waals surface area contributed by atoms with Gasteiger partial charge < -0.3 is 9.47 Å². The summed E-state index contributed by atoms with van der Waals surface area (Å²) < 4.78 is 39.0. The van der Waals surface area contributed by atoms with Crippen LogP contribution >= 0.6 is 23.2 Å². The van der Waals surface area contributed by atoms with Crippen molar-refractivity contribution in [3.8, 4) is 0 Å². The van der Waals surface area contributed by atoms with Crippen LogP contribution in [0.3, 0.4) is 0 Å². The van der Waals surface area contributed by atoms with Crippen molar-refractivity contribution in [2.24, 2.45) is 5.14 Å². The van der Waals surface area contributed by atoms with Crippen molar-refractivity contribution in [3.05, 3.63) is 33.8 Å². The van der Waals surface area contributed by atoms with Crippen molar-refractivity contribution in [2.45, 2.75) is 43.7 Å². The molecule has 1 saturated carbocycles. The quantitative estimate of drug-likeness (QED) is 0.865. The summed E-state index contributed by atoms with van der Waals surface area (Å²) in [4.78, 5) is 0. The van der Waals surface area contributed by atoms with Gasteiger partial charge >= 0.3 is 10.3 Å². The van der Waals surface area contributed by atoms with Crippen LogP contribution in [0.5, 0.6) is 0 Å². The second-order valence-electron chi connectivity index (χ2n) is 5.73. The number of hydrogen-bond donors (Lipinski definition) is 1. The zero-order chi connectivity index (χ0) is 16.7. The molecule has 128 valence electrons. The van der Waals surface area contributed by atoms with E-state index in [1.54, 1.807) is 18.2 Å². The third kappa shape index (κ3) is 3.82. The van der Waals surface area contributed by atoms with Crippen molar-refractivity contribution in [2.75, 3.05) is 6.61 Å². The Labute approximate surface area is 145 Å². The molecule has 0 radical (unpaired) electrons. The van der Waals surface area contributed by atoms with E-state index in [9.17, 15) is 8.42 Å². The van der Waals surface area contributed by atoms with Crippen LogP contribution in [-0.4, -0.2) is 26.9 Å². The minimum atomic E-state index is -4.07. The largest absolute Gasteiger partial charge is 0.341 e. The Hall–Kier alpha value is -0.410. The van der Waals surface area contributed by atoms with Crippen molar-refractivity contribution < 1.29 is 22.1 Å². The lowest BCUT2D eigenvalue weighted by Crippen LogP contribution is -2.29. The highest BCUT2D eigenvalue weighted by atomic mass is 35.5. The fourth-order valence-electron chi connectivity index (χ4n) is 3.13. The highest BCUT2D eigenvalue weighted by Crippen LogP contribution is 2.49. The Morgan fingerprint density at radius 1 is 1.22 bits per heavy atom. The molecule has 2 aliphatic rings. The average molecular weight is 382 g/mol. The monoisotopic (exact) mass is 381 g/mol. The van der Waals surface area contributed by atoms with Gasteiger partial charge in [-0.05, 0) is 25.0 Å². The number of halogens is 2. The highest BCUT2D eigenvalue weighted by molar-refractivity contribution is 7.84. The summed E-state index contributed by atoms with van der Waals surface area (Å²) in [7, 11) is -4.07. The summed E-state index contributed by atoms with van der Waals surface area (Å²) in [6.07, 6.45) is 2.15. The van der Waals surface area contributed by atoms with Crippen LogP contribution in [-0.2, 0) is 24.0 Å². The summed E-state index contributed by atoms with van der Waals surface area (Å²) >= 11 is 12.5. The summed E-state index contributed by atoms with van der Waals surface area (Å²) in [5.74, 6) is -0.737. The molecular weight excluding hydrogens is 365 g/mol. The zero-order valence-corrected chi connectivity index (χ0v) is 14.5. The molecule has 2 fully saturated rings. The van der Waals surface area contributed by atoms with E-state index in [1.807, 2.05) is 0 Å². The average Bonchev–Trinajstić information content (AvgIpc) is 3.04. The molecule has 9 heteroatoms. The van der Waals surface area contributed by atoms with Crippen molar-refractivity contribution in [3.63, 3.8) is 0 Å². The predicted molar refractivity (Wildman–Crippen MR) is 85.4 cm³/mol. The SMILES string of the molecule is NS(=O)(=O)OC[C@H]1OC2(CCCC2)O[C@@H]1c1c(Cl)cccc1Cl. The van der Waals surface area contributed by atoms with E-state index in [1.165, 1.54) is 0 Å². The van der Waals surface area contributed by atoms with Crippen molar-refractivity contribution in [1.29, 1.82) is 0 Å². The van der Waals surface area contributed by atoms with Gasteiger partial charge in [0.2, 0.25) is 0 Å². The number of benzene rings is 1. The molecule has 1 aromatic carbocycles. The normalized spacial score (nSPS) is 26.9. The molecule has 0 aromatic heterocycles. The topological polar surface area (TPSA) is 87.9 Å². The summed E-state index contributed by atoms with van der Waals surface area (Å²) in [5.41, 5.74) is 0.572. The van der Waals surface area contributed by atoms with Gasteiger partial charge in [0.1, 0.15) is 12.2 Å². The Kier molecular flexibility index (Phi) is 4.90. The molecule has 2 atom stereocenters. The van der Waals surface area contributed by atoms with Gasteiger partial charge in [-0.1, -0.05) is 29.3 Å². The number of nitrogens with two attached hydrogens (primary N) is 1. The molecular formula is C14H17Cl2NO5S. The lowest BCUT2D eigenvalue weighted by molar-refractivity contribution is -0.171. The molecule has 1 aliphatic carbocycles. The van der Waals surface area contributed by atoms with E-state index in [0.717, 1.165) is 25.7 Å². The van der Waals surface area contributed by atoms with E-state index < -0.39 is 28.3 Å². The molecule has 0 unspecified atom stereocenters. The summed E-state index contributed by atoms with van der Waals surface area (Å²) in [6.45, 7) is -0.257. The summed E-state index contributed by atoms with van der Waals surface area (Å²) in [5, 5.41) is 5.77. The van der Waals surface area contributed by atoms with E-state index in [-0.39, 0.29) is 6.61 Å². The lowest BCUT2D eigenvalue weighted by atomic mass is 10.0. The van der Waals surface area contributed by atoms with Gasteiger partial charge in [-0.25, -0.2) is 5.14 Å². The molecule has 1 aliphatic heterocycles. The first-order valence-corrected chi connectivity index (χ1v) is 9.49. The minimum Gasteiger partial charge on any atom is -0.341 e. The fraction of sp³-hybridized carbons (Fsp3) is 0.571.